The average Bonchev–Trinajstić information content (AvgIpc) is 2.10. The number of hydrogen-bond donors (Lipinski definition) is 0. The number of ether oxygens (including phenoxy) is 1. The van der Waals surface area contributed by atoms with Gasteiger partial charge < -0.3 is 4.74 Å². The van der Waals surface area contributed by atoms with Crippen LogP contribution in [-0.4, -0.2) is 19.0 Å². The molecule has 0 aliphatic rings. The average molecular weight is 192 g/mol. The van der Waals surface area contributed by atoms with Crippen LogP contribution in [0.5, 0.6) is 0 Å². The second kappa shape index (κ2) is 10.8. The quantitative estimate of drug-likeness (QED) is 0.414. The molecular formula is C9H16ClO2. The molecule has 0 fully saturated rings. The maximum atomic E-state index is 9.62. The SMILES string of the molecule is O=[C]OCCCCCCCCCl. The summed E-state index contributed by atoms with van der Waals surface area (Å²) in [6.45, 7) is 1.92. The van der Waals surface area contributed by atoms with Gasteiger partial charge >= 0.3 is 6.47 Å². The lowest BCUT2D eigenvalue weighted by atomic mass is 10.1. The normalized spacial score (nSPS) is 9.75. The van der Waals surface area contributed by atoms with E-state index in [1.54, 1.807) is 0 Å². The second-order valence-electron chi connectivity index (χ2n) is 2.74. The summed E-state index contributed by atoms with van der Waals surface area (Å²) in [5.41, 5.74) is 0. The summed E-state index contributed by atoms with van der Waals surface area (Å²) in [6.07, 6.45) is 6.85. The molecule has 71 valence electrons. The maximum absolute atomic E-state index is 9.62. The highest BCUT2D eigenvalue weighted by molar-refractivity contribution is 6.17. The van der Waals surface area contributed by atoms with Crippen LogP contribution in [-0.2, 0) is 9.53 Å². The standard InChI is InChI=1S/C9H16ClO2/c10-7-5-3-1-2-4-6-8-12-9-11/h1-8H2. The van der Waals surface area contributed by atoms with Gasteiger partial charge in [-0.05, 0) is 12.8 Å². The molecule has 0 saturated heterocycles. The van der Waals surface area contributed by atoms with E-state index in [-0.39, 0.29) is 0 Å². The molecule has 0 aliphatic heterocycles. The number of carbonyl (C=O) groups excluding carboxylic acids is 1. The first-order chi connectivity index (χ1) is 5.91. The zero-order valence-corrected chi connectivity index (χ0v) is 8.11. The maximum Gasteiger partial charge on any atom is 0.417 e. The van der Waals surface area contributed by atoms with E-state index in [2.05, 4.69) is 4.74 Å². The predicted molar refractivity (Wildman–Crippen MR) is 50.1 cm³/mol. The van der Waals surface area contributed by atoms with Gasteiger partial charge in [0.15, 0.2) is 0 Å². The van der Waals surface area contributed by atoms with Crippen LogP contribution in [0.15, 0.2) is 0 Å². The summed E-state index contributed by atoms with van der Waals surface area (Å²) in [6, 6.07) is 0. The van der Waals surface area contributed by atoms with Gasteiger partial charge in [0.2, 0.25) is 0 Å². The minimum Gasteiger partial charge on any atom is -0.457 e. The monoisotopic (exact) mass is 191 g/mol. The van der Waals surface area contributed by atoms with Crippen molar-refractivity contribution in [3.8, 4) is 0 Å². The Bertz CT molecular complexity index is 96.5. The van der Waals surface area contributed by atoms with Gasteiger partial charge in [0, 0.05) is 5.88 Å². The smallest absolute Gasteiger partial charge is 0.417 e. The first-order valence-corrected chi connectivity index (χ1v) is 5.00. The summed E-state index contributed by atoms with van der Waals surface area (Å²) >= 11 is 5.52. The largest absolute Gasteiger partial charge is 0.457 e. The lowest BCUT2D eigenvalue weighted by molar-refractivity contribution is 0.268. The zero-order chi connectivity index (χ0) is 9.07. The van der Waals surface area contributed by atoms with Crippen LogP contribution >= 0.6 is 11.6 Å². The molecule has 1 radical (unpaired) electrons. The minimum absolute atomic E-state index is 0.513. The van der Waals surface area contributed by atoms with Gasteiger partial charge in [-0.15, -0.1) is 11.6 Å². The molecular weight excluding hydrogens is 176 g/mol. The van der Waals surface area contributed by atoms with Gasteiger partial charge in [-0.2, -0.15) is 0 Å². The first-order valence-electron chi connectivity index (χ1n) is 4.46. The topological polar surface area (TPSA) is 26.3 Å². The molecule has 0 rings (SSSR count). The third-order valence-electron chi connectivity index (χ3n) is 1.69. The fourth-order valence-electron chi connectivity index (χ4n) is 1.02. The number of unbranched alkanes of at least 4 members (excludes halogenated alkanes) is 5. The Hall–Kier alpha value is -0.240. The van der Waals surface area contributed by atoms with Crippen LogP contribution in [0.25, 0.3) is 0 Å². The van der Waals surface area contributed by atoms with Crippen LogP contribution in [0.2, 0.25) is 0 Å². The molecule has 0 heterocycles. The van der Waals surface area contributed by atoms with Crippen LogP contribution in [0.1, 0.15) is 38.5 Å². The third-order valence-corrected chi connectivity index (χ3v) is 1.96. The highest BCUT2D eigenvalue weighted by atomic mass is 35.5. The fourth-order valence-corrected chi connectivity index (χ4v) is 1.21. The molecule has 0 amide bonds. The zero-order valence-electron chi connectivity index (χ0n) is 7.35. The Morgan fingerprint density at radius 2 is 1.58 bits per heavy atom. The Kier molecular flexibility index (Phi) is 10.5. The van der Waals surface area contributed by atoms with Crippen molar-refractivity contribution in [1.82, 2.24) is 0 Å². The van der Waals surface area contributed by atoms with E-state index in [0.717, 1.165) is 25.1 Å². The van der Waals surface area contributed by atoms with E-state index in [9.17, 15) is 4.79 Å². The van der Waals surface area contributed by atoms with Crippen molar-refractivity contribution in [2.24, 2.45) is 0 Å². The molecule has 0 spiro atoms. The molecule has 2 nitrogen and oxygen atoms in total. The van der Waals surface area contributed by atoms with Crippen molar-refractivity contribution in [1.29, 1.82) is 0 Å². The molecule has 0 aromatic heterocycles. The number of halogens is 1. The van der Waals surface area contributed by atoms with Crippen molar-refractivity contribution in [3.05, 3.63) is 0 Å². The fraction of sp³-hybridized carbons (Fsp3) is 0.889. The summed E-state index contributed by atoms with van der Waals surface area (Å²) in [5.74, 6) is 0.767. The number of alkyl halides is 1. The van der Waals surface area contributed by atoms with E-state index in [1.165, 1.54) is 25.7 Å². The molecule has 0 saturated carbocycles. The van der Waals surface area contributed by atoms with Crippen LogP contribution < -0.4 is 0 Å². The summed E-state index contributed by atoms with van der Waals surface area (Å²) in [4.78, 5) is 9.62. The summed E-state index contributed by atoms with van der Waals surface area (Å²) in [7, 11) is 0. The lowest BCUT2D eigenvalue weighted by Crippen LogP contribution is -1.91. The second-order valence-corrected chi connectivity index (χ2v) is 3.12. The molecule has 0 N–H and O–H groups in total. The molecule has 3 heteroatoms. The van der Waals surface area contributed by atoms with Crippen LogP contribution in [0, 0.1) is 0 Å². The van der Waals surface area contributed by atoms with Crippen molar-refractivity contribution < 1.29 is 9.53 Å². The van der Waals surface area contributed by atoms with Gasteiger partial charge in [0.25, 0.3) is 0 Å². The molecule has 0 atom stereocenters. The van der Waals surface area contributed by atoms with Gasteiger partial charge in [0.05, 0.1) is 6.61 Å². The molecule has 0 aromatic rings. The van der Waals surface area contributed by atoms with Crippen molar-refractivity contribution in [3.63, 3.8) is 0 Å². The third kappa shape index (κ3) is 9.76. The molecule has 0 aliphatic carbocycles. The highest BCUT2D eigenvalue weighted by Gasteiger charge is 1.90. The van der Waals surface area contributed by atoms with E-state index in [1.807, 2.05) is 0 Å². The molecule has 12 heavy (non-hydrogen) atoms. The Balaban J connectivity index is 2.77. The van der Waals surface area contributed by atoms with Crippen LogP contribution in [0.4, 0.5) is 0 Å². The minimum atomic E-state index is 0.513. The number of hydrogen-bond acceptors (Lipinski definition) is 2. The lowest BCUT2D eigenvalue weighted by Gasteiger charge is -1.98. The van der Waals surface area contributed by atoms with Crippen molar-refractivity contribution >= 4 is 18.1 Å². The Morgan fingerprint density at radius 1 is 1.00 bits per heavy atom. The predicted octanol–water partition coefficient (Wildman–Crippen LogP) is 2.65. The van der Waals surface area contributed by atoms with E-state index in [4.69, 9.17) is 11.6 Å². The van der Waals surface area contributed by atoms with Gasteiger partial charge in [0.1, 0.15) is 0 Å². The van der Waals surface area contributed by atoms with E-state index in [0.29, 0.717) is 6.61 Å². The van der Waals surface area contributed by atoms with E-state index < -0.39 is 0 Å². The Morgan fingerprint density at radius 3 is 2.17 bits per heavy atom. The number of rotatable bonds is 9. The molecule has 0 unspecified atom stereocenters. The molecule has 0 bridgehead atoms. The van der Waals surface area contributed by atoms with Gasteiger partial charge in [-0.3, -0.25) is 0 Å². The molecule has 0 aromatic carbocycles. The van der Waals surface area contributed by atoms with Gasteiger partial charge in [-0.25, -0.2) is 4.79 Å². The van der Waals surface area contributed by atoms with Gasteiger partial charge in [-0.1, -0.05) is 25.7 Å². The van der Waals surface area contributed by atoms with Crippen molar-refractivity contribution in [2.75, 3.05) is 12.5 Å². The van der Waals surface area contributed by atoms with Crippen LogP contribution in [0.3, 0.4) is 0 Å². The van der Waals surface area contributed by atoms with E-state index >= 15 is 0 Å². The Labute approximate surface area is 79.2 Å². The summed E-state index contributed by atoms with van der Waals surface area (Å²) in [5, 5.41) is 0. The van der Waals surface area contributed by atoms with Crippen molar-refractivity contribution in [2.45, 2.75) is 38.5 Å². The highest BCUT2D eigenvalue weighted by Crippen LogP contribution is 2.05. The first kappa shape index (κ1) is 11.8. The summed E-state index contributed by atoms with van der Waals surface area (Å²) < 4.78 is 4.43.